The third-order valence-electron chi connectivity index (χ3n) is 3.12. The minimum atomic E-state index is -1.24. The van der Waals surface area contributed by atoms with Crippen molar-refractivity contribution in [2.45, 2.75) is 25.4 Å². The smallest absolute Gasteiger partial charge is 0.129 e. The molecule has 0 aromatic heterocycles. The maximum atomic E-state index is 13.6. The maximum Gasteiger partial charge on any atom is 0.129 e. The first-order valence-electron chi connectivity index (χ1n) is 6.27. The van der Waals surface area contributed by atoms with Crippen LogP contribution < -0.4 is 0 Å². The van der Waals surface area contributed by atoms with Crippen LogP contribution in [-0.2, 0) is 12.8 Å². The molecule has 1 atom stereocenters. The van der Waals surface area contributed by atoms with Gasteiger partial charge in [-0.1, -0.05) is 29.8 Å². The van der Waals surface area contributed by atoms with Crippen LogP contribution in [0.5, 0.6) is 0 Å². The van der Waals surface area contributed by atoms with E-state index in [0.29, 0.717) is 5.02 Å². The van der Waals surface area contributed by atoms with Gasteiger partial charge in [0.2, 0.25) is 0 Å². The lowest BCUT2D eigenvalue weighted by Crippen LogP contribution is -2.31. The van der Waals surface area contributed by atoms with Crippen LogP contribution in [0.25, 0.3) is 0 Å². The first kappa shape index (κ1) is 14.9. The lowest BCUT2D eigenvalue weighted by Gasteiger charge is -2.24. The van der Waals surface area contributed by atoms with Crippen LogP contribution in [0.2, 0.25) is 5.02 Å². The SMILES string of the molecule is CC(O)(Cc1ccc(Cl)cc1)Cc1c(F)cccc1F. The van der Waals surface area contributed by atoms with Gasteiger partial charge in [-0.3, -0.25) is 0 Å². The molecular formula is C16H15ClF2O. The number of hydrogen-bond acceptors (Lipinski definition) is 1. The highest BCUT2D eigenvalue weighted by molar-refractivity contribution is 6.30. The van der Waals surface area contributed by atoms with E-state index in [1.165, 1.54) is 18.2 Å². The quantitative estimate of drug-likeness (QED) is 0.898. The minimum Gasteiger partial charge on any atom is -0.389 e. The lowest BCUT2D eigenvalue weighted by molar-refractivity contribution is 0.0589. The van der Waals surface area contributed by atoms with Crippen molar-refractivity contribution in [2.75, 3.05) is 0 Å². The highest BCUT2D eigenvalue weighted by Gasteiger charge is 2.25. The Hall–Kier alpha value is -1.45. The molecule has 4 heteroatoms. The number of hydrogen-bond donors (Lipinski definition) is 1. The fraction of sp³-hybridized carbons (Fsp3) is 0.250. The molecule has 20 heavy (non-hydrogen) atoms. The third-order valence-corrected chi connectivity index (χ3v) is 3.37. The Morgan fingerprint density at radius 1 is 1.00 bits per heavy atom. The average molecular weight is 297 g/mol. The molecular weight excluding hydrogens is 282 g/mol. The Balaban J connectivity index is 2.16. The molecule has 0 aliphatic rings. The summed E-state index contributed by atoms with van der Waals surface area (Å²) in [5.74, 6) is -1.28. The molecule has 0 spiro atoms. The van der Waals surface area contributed by atoms with Crippen LogP contribution >= 0.6 is 11.6 Å². The molecule has 0 aliphatic carbocycles. The molecule has 2 rings (SSSR count). The molecule has 0 saturated carbocycles. The van der Waals surface area contributed by atoms with Crippen LogP contribution in [0, 0.1) is 11.6 Å². The molecule has 0 saturated heterocycles. The Labute approximate surface area is 121 Å². The predicted octanol–water partition coefficient (Wildman–Crippen LogP) is 4.15. The van der Waals surface area contributed by atoms with Gasteiger partial charge in [0, 0.05) is 23.4 Å². The number of rotatable bonds is 4. The summed E-state index contributed by atoms with van der Waals surface area (Å²) in [6, 6.07) is 10.7. The van der Waals surface area contributed by atoms with Crippen molar-refractivity contribution in [3.8, 4) is 0 Å². The van der Waals surface area contributed by atoms with E-state index in [-0.39, 0.29) is 18.4 Å². The minimum absolute atomic E-state index is 0.0892. The van der Waals surface area contributed by atoms with E-state index in [1.807, 2.05) is 0 Å². The zero-order chi connectivity index (χ0) is 14.8. The van der Waals surface area contributed by atoms with Gasteiger partial charge in [-0.25, -0.2) is 8.78 Å². The summed E-state index contributed by atoms with van der Waals surface area (Å²) in [7, 11) is 0. The van der Waals surface area contributed by atoms with Gasteiger partial charge in [0.25, 0.3) is 0 Å². The van der Waals surface area contributed by atoms with Crippen LogP contribution in [-0.4, -0.2) is 10.7 Å². The molecule has 0 amide bonds. The van der Waals surface area contributed by atoms with Crippen molar-refractivity contribution < 1.29 is 13.9 Å². The number of halogens is 3. The second-order valence-electron chi connectivity index (χ2n) is 5.18. The molecule has 0 heterocycles. The molecule has 0 aliphatic heterocycles. The maximum absolute atomic E-state index is 13.6. The molecule has 2 aromatic carbocycles. The molecule has 0 fully saturated rings. The van der Waals surface area contributed by atoms with Crippen LogP contribution in [0.15, 0.2) is 42.5 Å². The highest BCUT2D eigenvalue weighted by atomic mass is 35.5. The molecule has 1 N–H and O–H groups in total. The van der Waals surface area contributed by atoms with Gasteiger partial charge >= 0.3 is 0 Å². The topological polar surface area (TPSA) is 20.2 Å². The van der Waals surface area contributed by atoms with Crippen LogP contribution in [0.4, 0.5) is 8.78 Å². The van der Waals surface area contributed by atoms with E-state index in [2.05, 4.69) is 0 Å². The molecule has 1 nitrogen and oxygen atoms in total. The fourth-order valence-corrected chi connectivity index (χ4v) is 2.31. The molecule has 0 bridgehead atoms. The normalized spacial score (nSPS) is 14.1. The Morgan fingerprint density at radius 2 is 1.55 bits per heavy atom. The first-order valence-corrected chi connectivity index (χ1v) is 6.65. The van der Waals surface area contributed by atoms with E-state index in [9.17, 15) is 13.9 Å². The molecule has 1 unspecified atom stereocenters. The van der Waals surface area contributed by atoms with Gasteiger partial charge < -0.3 is 5.11 Å². The largest absolute Gasteiger partial charge is 0.389 e. The Kier molecular flexibility index (Phi) is 4.41. The molecule has 106 valence electrons. The predicted molar refractivity (Wildman–Crippen MR) is 75.8 cm³/mol. The molecule has 0 radical (unpaired) electrons. The second-order valence-corrected chi connectivity index (χ2v) is 5.61. The third kappa shape index (κ3) is 3.78. The average Bonchev–Trinajstić information content (AvgIpc) is 2.37. The molecule has 2 aromatic rings. The summed E-state index contributed by atoms with van der Waals surface area (Å²) in [5, 5.41) is 11.0. The van der Waals surface area contributed by atoms with Gasteiger partial charge in [0.05, 0.1) is 5.60 Å². The van der Waals surface area contributed by atoms with Crippen molar-refractivity contribution in [1.82, 2.24) is 0 Å². The first-order chi connectivity index (χ1) is 9.37. The van der Waals surface area contributed by atoms with E-state index >= 15 is 0 Å². The van der Waals surface area contributed by atoms with Gasteiger partial charge in [-0.2, -0.15) is 0 Å². The summed E-state index contributed by atoms with van der Waals surface area (Å²) in [5.41, 5.74) is -0.473. The van der Waals surface area contributed by atoms with Gasteiger partial charge in [-0.15, -0.1) is 0 Å². The van der Waals surface area contributed by atoms with Gasteiger partial charge in [0.1, 0.15) is 11.6 Å². The number of benzene rings is 2. The second kappa shape index (κ2) is 5.90. The lowest BCUT2D eigenvalue weighted by atomic mass is 9.89. The van der Waals surface area contributed by atoms with Crippen molar-refractivity contribution in [2.24, 2.45) is 0 Å². The van der Waals surface area contributed by atoms with Crippen molar-refractivity contribution in [3.63, 3.8) is 0 Å². The zero-order valence-corrected chi connectivity index (χ0v) is 11.8. The highest BCUT2D eigenvalue weighted by Crippen LogP contribution is 2.23. The Morgan fingerprint density at radius 3 is 2.10 bits per heavy atom. The summed E-state index contributed by atoms with van der Waals surface area (Å²) < 4.78 is 27.2. The van der Waals surface area contributed by atoms with Crippen molar-refractivity contribution >= 4 is 11.6 Å². The van der Waals surface area contributed by atoms with Gasteiger partial charge in [-0.05, 0) is 36.8 Å². The van der Waals surface area contributed by atoms with Crippen molar-refractivity contribution in [1.29, 1.82) is 0 Å². The van der Waals surface area contributed by atoms with E-state index < -0.39 is 17.2 Å². The van der Waals surface area contributed by atoms with E-state index in [1.54, 1.807) is 31.2 Å². The number of aliphatic hydroxyl groups is 1. The summed E-state index contributed by atoms with van der Waals surface area (Å²) >= 11 is 5.79. The van der Waals surface area contributed by atoms with Crippen LogP contribution in [0.3, 0.4) is 0 Å². The standard InChI is InChI=1S/C16H15ClF2O/c1-16(20,9-11-5-7-12(17)8-6-11)10-13-14(18)3-2-4-15(13)19/h2-8,20H,9-10H2,1H3. The summed E-state index contributed by atoms with van der Waals surface area (Å²) in [6.07, 6.45) is 0.200. The monoisotopic (exact) mass is 296 g/mol. The fourth-order valence-electron chi connectivity index (χ4n) is 2.19. The van der Waals surface area contributed by atoms with E-state index in [4.69, 9.17) is 11.6 Å². The van der Waals surface area contributed by atoms with E-state index in [0.717, 1.165) is 5.56 Å². The van der Waals surface area contributed by atoms with Crippen molar-refractivity contribution in [3.05, 3.63) is 70.2 Å². The summed E-state index contributed by atoms with van der Waals surface area (Å²) in [6.45, 7) is 1.56. The zero-order valence-electron chi connectivity index (χ0n) is 11.0. The van der Waals surface area contributed by atoms with Crippen LogP contribution in [0.1, 0.15) is 18.1 Å². The van der Waals surface area contributed by atoms with Gasteiger partial charge in [0.15, 0.2) is 0 Å². The Bertz CT molecular complexity index is 574. The summed E-state index contributed by atoms with van der Waals surface area (Å²) in [4.78, 5) is 0.